The quantitative estimate of drug-likeness (QED) is 0.764. The summed E-state index contributed by atoms with van der Waals surface area (Å²) in [5.74, 6) is 0.411. The molecule has 126 valence electrons. The van der Waals surface area contributed by atoms with E-state index in [1.165, 1.54) is 0 Å². The third kappa shape index (κ3) is 3.68. The van der Waals surface area contributed by atoms with Crippen LogP contribution in [-0.4, -0.2) is 53.0 Å². The molecule has 0 radical (unpaired) electrons. The maximum absolute atomic E-state index is 12.7. The van der Waals surface area contributed by atoms with Crippen molar-refractivity contribution in [3.8, 4) is 0 Å². The lowest BCUT2D eigenvalue weighted by molar-refractivity contribution is -0.137. The first-order chi connectivity index (χ1) is 10.8. The van der Waals surface area contributed by atoms with Crippen LogP contribution in [0.4, 0.5) is 19.0 Å². The van der Waals surface area contributed by atoms with Crippen LogP contribution in [0.3, 0.4) is 0 Å². The van der Waals surface area contributed by atoms with Crippen molar-refractivity contribution in [2.75, 3.05) is 37.6 Å². The summed E-state index contributed by atoms with van der Waals surface area (Å²) in [7, 11) is 0. The van der Waals surface area contributed by atoms with Gasteiger partial charge in [-0.05, 0) is 6.07 Å². The molecule has 0 N–H and O–H groups in total. The van der Waals surface area contributed by atoms with Crippen molar-refractivity contribution in [2.24, 2.45) is 4.99 Å². The van der Waals surface area contributed by atoms with Gasteiger partial charge in [0.15, 0.2) is 5.17 Å². The van der Waals surface area contributed by atoms with Gasteiger partial charge in [0.25, 0.3) is 0 Å². The van der Waals surface area contributed by atoms with Crippen LogP contribution in [0.15, 0.2) is 17.3 Å². The highest BCUT2D eigenvalue weighted by atomic mass is 35.5. The number of piperazine rings is 1. The Morgan fingerprint density at radius 1 is 1.22 bits per heavy atom. The number of aliphatic imine (C=N–C) groups is 1. The first-order valence-corrected chi connectivity index (χ1v) is 8.54. The van der Waals surface area contributed by atoms with Gasteiger partial charge >= 0.3 is 6.18 Å². The number of pyridine rings is 1. The van der Waals surface area contributed by atoms with Gasteiger partial charge in [-0.3, -0.25) is 4.99 Å². The van der Waals surface area contributed by atoms with Crippen LogP contribution in [-0.2, 0) is 6.18 Å². The Labute approximate surface area is 141 Å². The summed E-state index contributed by atoms with van der Waals surface area (Å²) in [5, 5.41) is 1.60. The second-order valence-electron chi connectivity index (χ2n) is 5.55. The summed E-state index contributed by atoms with van der Waals surface area (Å²) >= 11 is 7.77. The zero-order valence-corrected chi connectivity index (χ0v) is 14.0. The molecule has 0 bridgehead atoms. The molecule has 2 aliphatic rings. The summed E-state index contributed by atoms with van der Waals surface area (Å²) < 4.78 is 38.0. The van der Waals surface area contributed by atoms with Gasteiger partial charge in [0.2, 0.25) is 0 Å². The van der Waals surface area contributed by atoms with Gasteiger partial charge < -0.3 is 9.80 Å². The van der Waals surface area contributed by atoms with E-state index in [1.54, 1.807) is 11.8 Å². The van der Waals surface area contributed by atoms with Crippen LogP contribution in [0.25, 0.3) is 0 Å². The number of alkyl halides is 3. The van der Waals surface area contributed by atoms with Gasteiger partial charge in [0, 0.05) is 37.6 Å². The van der Waals surface area contributed by atoms with E-state index in [-0.39, 0.29) is 5.02 Å². The Morgan fingerprint density at radius 2 is 1.87 bits per heavy atom. The van der Waals surface area contributed by atoms with Crippen LogP contribution < -0.4 is 4.90 Å². The van der Waals surface area contributed by atoms with E-state index in [2.05, 4.69) is 21.8 Å². The molecule has 3 heterocycles. The standard InChI is InChI=1S/C14H16ClF3N4S/c1-9-7-20-13(23-9)22-4-2-21(3-5-22)12-11(15)6-10(8-19-12)14(16,17)18/h6,8-9H,2-5,7H2,1H3. The lowest BCUT2D eigenvalue weighted by Crippen LogP contribution is -2.48. The molecule has 0 saturated carbocycles. The van der Waals surface area contributed by atoms with E-state index in [1.807, 2.05) is 4.90 Å². The molecule has 0 spiro atoms. The molecule has 0 aliphatic carbocycles. The van der Waals surface area contributed by atoms with Gasteiger partial charge in [0.05, 0.1) is 17.1 Å². The molecule has 0 amide bonds. The molecular weight excluding hydrogens is 349 g/mol. The average molecular weight is 365 g/mol. The number of anilines is 1. The molecule has 1 saturated heterocycles. The Bertz CT molecular complexity index is 615. The molecule has 2 aliphatic heterocycles. The van der Waals surface area contributed by atoms with Crippen LogP contribution in [0, 0.1) is 0 Å². The molecule has 1 aromatic heterocycles. The van der Waals surface area contributed by atoms with E-state index >= 15 is 0 Å². The smallest absolute Gasteiger partial charge is 0.352 e. The highest BCUT2D eigenvalue weighted by molar-refractivity contribution is 8.14. The number of aromatic nitrogens is 1. The van der Waals surface area contributed by atoms with Crippen molar-refractivity contribution in [3.05, 3.63) is 22.8 Å². The lowest BCUT2D eigenvalue weighted by atomic mass is 10.2. The predicted molar refractivity (Wildman–Crippen MR) is 87.4 cm³/mol. The van der Waals surface area contributed by atoms with Crippen LogP contribution in [0.2, 0.25) is 5.02 Å². The van der Waals surface area contributed by atoms with E-state index < -0.39 is 11.7 Å². The molecule has 9 heteroatoms. The fourth-order valence-electron chi connectivity index (χ4n) is 2.56. The van der Waals surface area contributed by atoms with Crippen LogP contribution in [0.1, 0.15) is 12.5 Å². The zero-order valence-electron chi connectivity index (χ0n) is 12.5. The fraction of sp³-hybridized carbons (Fsp3) is 0.571. The van der Waals surface area contributed by atoms with E-state index in [9.17, 15) is 13.2 Å². The van der Waals surface area contributed by atoms with Crippen molar-refractivity contribution in [1.29, 1.82) is 0 Å². The Balaban J connectivity index is 1.66. The molecule has 23 heavy (non-hydrogen) atoms. The van der Waals surface area contributed by atoms with Crippen molar-refractivity contribution in [3.63, 3.8) is 0 Å². The summed E-state index contributed by atoms with van der Waals surface area (Å²) in [6, 6.07) is 0.939. The second-order valence-corrected chi connectivity index (χ2v) is 7.37. The number of nitrogens with zero attached hydrogens (tertiary/aromatic N) is 4. The fourth-order valence-corrected chi connectivity index (χ4v) is 3.84. The average Bonchev–Trinajstić information content (AvgIpc) is 2.93. The first kappa shape index (κ1) is 16.7. The molecular formula is C14H16ClF3N4S. The Kier molecular flexibility index (Phi) is 4.64. The summed E-state index contributed by atoms with van der Waals surface area (Å²) in [6.07, 6.45) is -3.59. The number of hydrogen-bond acceptors (Lipinski definition) is 5. The summed E-state index contributed by atoms with van der Waals surface area (Å²) in [4.78, 5) is 12.6. The molecule has 1 aromatic rings. The predicted octanol–water partition coefficient (Wildman–Crippen LogP) is 3.37. The summed E-state index contributed by atoms with van der Waals surface area (Å²) in [6.45, 7) is 5.82. The van der Waals surface area contributed by atoms with Gasteiger partial charge in [-0.1, -0.05) is 30.3 Å². The van der Waals surface area contributed by atoms with Crippen molar-refractivity contribution >= 4 is 34.3 Å². The largest absolute Gasteiger partial charge is 0.417 e. The van der Waals surface area contributed by atoms with Crippen molar-refractivity contribution in [1.82, 2.24) is 9.88 Å². The number of hydrogen-bond donors (Lipinski definition) is 0. The van der Waals surface area contributed by atoms with Gasteiger partial charge in [-0.2, -0.15) is 13.2 Å². The number of rotatable bonds is 1. The minimum absolute atomic E-state index is 0.0366. The molecule has 4 nitrogen and oxygen atoms in total. The van der Waals surface area contributed by atoms with Gasteiger partial charge in [0.1, 0.15) is 5.82 Å². The lowest BCUT2D eigenvalue weighted by Gasteiger charge is -2.36. The zero-order chi connectivity index (χ0) is 16.6. The molecule has 1 unspecified atom stereocenters. The first-order valence-electron chi connectivity index (χ1n) is 7.28. The van der Waals surface area contributed by atoms with Gasteiger partial charge in [-0.25, -0.2) is 4.98 Å². The number of amidine groups is 1. The van der Waals surface area contributed by atoms with Crippen molar-refractivity contribution < 1.29 is 13.2 Å². The second kappa shape index (κ2) is 6.39. The maximum atomic E-state index is 12.7. The number of halogens is 4. The Hall–Kier alpha value is -1.15. The van der Waals surface area contributed by atoms with E-state index in [0.717, 1.165) is 37.1 Å². The minimum Gasteiger partial charge on any atom is -0.352 e. The highest BCUT2D eigenvalue weighted by Crippen LogP contribution is 2.34. The topological polar surface area (TPSA) is 31.7 Å². The molecule has 3 rings (SSSR count). The molecule has 1 atom stereocenters. The number of thioether (sulfide) groups is 1. The van der Waals surface area contributed by atoms with E-state index in [4.69, 9.17) is 11.6 Å². The van der Waals surface area contributed by atoms with Gasteiger partial charge in [-0.15, -0.1) is 0 Å². The Morgan fingerprint density at radius 3 is 2.39 bits per heavy atom. The molecule has 0 aromatic carbocycles. The van der Waals surface area contributed by atoms with E-state index in [0.29, 0.717) is 24.2 Å². The monoisotopic (exact) mass is 364 g/mol. The third-order valence-electron chi connectivity index (χ3n) is 3.79. The van der Waals surface area contributed by atoms with Crippen LogP contribution in [0.5, 0.6) is 0 Å². The highest BCUT2D eigenvalue weighted by Gasteiger charge is 2.32. The normalized spacial score (nSPS) is 22.5. The summed E-state index contributed by atoms with van der Waals surface area (Å²) in [5.41, 5.74) is -0.824. The van der Waals surface area contributed by atoms with Crippen molar-refractivity contribution in [2.45, 2.75) is 18.3 Å². The molecule has 1 fully saturated rings. The maximum Gasteiger partial charge on any atom is 0.417 e. The third-order valence-corrected chi connectivity index (χ3v) is 5.22. The minimum atomic E-state index is -4.43. The SMILES string of the molecule is CC1CN=C(N2CCN(c3ncc(C(F)(F)F)cc3Cl)CC2)S1. The van der Waals surface area contributed by atoms with Crippen LogP contribution >= 0.6 is 23.4 Å².